The van der Waals surface area contributed by atoms with E-state index < -0.39 is 11.2 Å². The zero-order valence-corrected chi connectivity index (χ0v) is 9.54. The first kappa shape index (κ1) is 11.5. The summed E-state index contributed by atoms with van der Waals surface area (Å²) in [7, 11) is 0. The van der Waals surface area contributed by atoms with Crippen LogP contribution in [0.25, 0.3) is 0 Å². The summed E-state index contributed by atoms with van der Waals surface area (Å²) in [6, 6.07) is 8.56. The lowest BCUT2D eigenvalue weighted by Gasteiger charge is -2.07. The molecule has 1 heterocycles. The fourth-order valence-electron chi connectivity index (χ4n) is 1.41. The summed E-state index contributed by atoms with van der Waals surface area (Å²) in [5, 5.41) is 3.61. The molecule has 0 saturated carbocycles. The summed E-state index contributed by atoms with van der Waals surface area (Å²) in [4.78, 5) is 26.7. The molecule has 0 atom stereocenters. The van der Waals surface area contributed by atoms with Gasteiger partial charge in [0.25, 0.3) is 5.56 Å². The van der Waals surface area contributed by atoms with Gasteiger partial charge in [-0.05, 0) is 12.1 Å². The molecule has 0 aliphatic heterocycles. The van der Waals surface area contributed by atoms with Crippen LogP contribution in [0.1, 0.15) is 5.69 Å². The van der Waals surface area contributed by atoms with Crippen LogP contribution in [0.3, 0.4) is 0 Å². The second kappa shape index (κ2) is 4.88. The molecule has 0 saturated heterocycles. The van der Waals surface area contributed by atoms with Gasteiger partial charge in [0.2, 0.25) is 0 Å². The highest BCUT2D eigenvalue weighted by Gasteiger charge is 2.00. The number of benzene rings is 1. The van der Waals surface area contributed by atoms with Gasteiger partial charge in [-0.15, -0.1) is 0 Å². The van der Waals surface area contributed by atoms with E-state index in [9.17, 15) is 9.59 Å². The maximum Gasteiger partial charge on any atom is 0.325 e. The van der Waals surface area contributed by atoms with Gasteiger partial charge < -0.3 is 10.3 Å². The third-order valence-corrected chi connectivity index (χ3v) is 2.49. The Balaban J connectivity index is 2.15. The van der Waals surface area contributed by atoms with Crippen molar-refractivity contribution in [2.75, 3.05) is 5.32 Å². The van der Waals surface area contributed by atoms with E-state index in [1.807, 2.05) is 18.2 Å². The molecule has 5 nitrogen and oxygen atoms in total. The fraction of sp³-hybridized carbons (Fsp3) is 0.0909. The highest BCUT2D eigenvalue weighted by Crippen LogP contribution is 2.20. The van der Waals surface area contributed by atoms with Gasteiger partial charge in [-0.3, -0.25) is 9.78 Å². The van der Waals surface area contributed by atoms with Crippen molar-refractivity contribution in [2.24, 2.45) is 0 Å². The molecule has 0 fully saturated rings. The molecule has 0 spiro atoms. The van der Waals surface area contributed by atoms with Crippen LogP contribution in [0.15, 0.2) is 39.9 Å². The third kappa shape index (κ3) is 2.98. The van der Waals surface area contributed by atoms with Crippen LogP contribution in [-0.4, -0.2) is 9.97 Å². The molecule has 0 amide bonds. The number of aromatic nitrogens is 2. The maximum atomic E-state index is 11.1. The van der Waals surface area contributed by atoms with Crippen molar-refractivity contribution < 1.29 is 0 Å². The molecule has 3 N–H and O–H groups in total. The van der Waals surface area contributed by atoms with Gasteiger partial charge in [-0.25, -0.2) is 4.79 Å². The summed E-state index contributed by atoms with van der Waals surface area (Å²) in [6.45, 7) is 0.322. The van der Waals surface area contributed by atoms with Gasteiger partial charge in [-0.1, -0.05) is 23.7 Å². The van der Waals surface area contributed by atoms with Gasteiger partial charge in [0.1, 0.15) is 0 Å². The average Bonchev–Trinajstić information content (AvgIpc) is 2.27. The van der Waals surface area contributed by atoms with Crippen LogP contribution in [0.2, 0.25) is 5.02 Å². The molecule has 2 rings (SSSR count). The lowest BCUT2D eigenvalue weighted by Crippen LogP contribution is -2.23. The Kier molecular flexibility index (Phi) is 3.30. The van der Waals surface area contributed by atoms with E-state index in [1.165, 1.54) is 6.07 Å². The number of nitrogens with one attached hydrogen (secondary N) is 3. The smallest absolute Gasteiger partial charge is 0.325 e. The third-order valence-electron chi connectivity index (χ3n) is 2.16. The normalized spacial score (nSPS) is 10.2. The standard InChI is InChI=1S/C11H10ClN3O2/c12-8-3-1-2-4-9(8)13-6-7-5-10(16)15-11(17)14-7/h1-5,13H,6H2,(H2,14,15,16,17). The molecule has 0 bridgehead atoms. The maximum absolute atomic E-state index is 11.1. The summed E-state index contributed by atoms with van der Waals surface area (Å²) in [5.41, 5.74) is 0.298. The predicted molar refractivity (Wildman–Crippen MR) is 66.5 cm³/mol. The van der Waals surface area contributed by atoms with Gasteiger partial charge in [-0.2, -0.15) is 0 Å². The second-order valence-electron chi connectivity index (χ2n) is 3.45. The molecule has 6 heteroatoms. The van der Waals surface area contributed by atoms with Crippen molar-refractivity contribution >= 4 is 17.3 Å². The van der Waals surface area contributed by atoms with Gasteiger partial charge in [0, 0.05) is 11.8 Å². The lowest BCUT2D eigenvalue weighted by molar-refractivity contribution is 0.942. The molecule has 0 radical (unpaired) electrons. The van der Waals surface area contributed by atoms with Crippen molar-refractivity contribution in [1.82, 2.24) is 9.97 Å². The number of hydrogen-bond acceptors (Lipinski definition) is 3. The van der Waals surface area contributed by atoms with Crippen LogP contribution in [0, 0.1) is 0 Å². The highest BCUT2D eigenvalue weighted by atomic mass is 35.5. The topological polar surface area (TPSA) is 77.8 Å². The number of aromatic amines is 2. The molecular formula is C11H10ClN3O2. The van der Waals surface area contributed by atoms with E-state index in [2.05, 4.69) is 15.3 Å². The first-order valence-corrected chi connectivity index (χ1v) is 5.34. The number of halogens is 1. The Morgan fingerprint density at radius 2 is 1.94 bits per heavy atom. The number of hydrogen-bond donors (Lipinski definition) is 3. The van der Waals surface area contributed by atoms with E-state index in [-0.39, 0.29) is 0 Å². The number of rotatable bonds is 3. The molecule has 1 aromatic carbocycles. The summed E-state index contributed by atoms with van der Waals surface area (Å²) in [6.07, 6.45) is 0. The monoisotopic (exact) mass is 251 g/mol. The summed E-state index contributed by atoms with van der Waals surface area (Å²) >= 11 is 5.95. The minimum absolute atomic E-state index is 0.322. The second-order valence-corrected chi connectivity index (χ2v) is 3.85. The Labute approximate surface area is 101 Å². The first-order valence-electron chi connectivity index (χ1n) is 4.96. The van der Waals surface area contributed by atoms with E-state index >= 15 is 0 Å². The predicted octanol–water partition coefficient (Wildman–Crippen LogP) is 1.33. The number of para-hydroxylation sites is 1. The minimum atomic E-state index is -0.520. The van der Waals surface area contributed by atoms with Crippen molar-refractivity contribution in [3.8, 4) is 0 Å². The zero-order chi connectivity index (χ0) is 12.3. The minimum Gasteiger partial charge on any atom is -0.378 e. The van der Waals surface area contributed by atoms with Crippen molar-refractivity contribution in [3.05, 3.63) is 61.9 Å². The zero-order valence-electron chi connectivity index (χ0n) is 8.79. The van der Waals surface area contributed by atoms with Crippen LogP contribution < -0.4 is 16.6 Å². The Morgan fingerprint density at radius 1 is 1.18 bits per heavy atom. The summed E-state index contributed by atoms with van der Waals surface area (Å²) in [5.74, 6) is 0. The molecule has 1 aromatic heterocycles. The van der Waals surface area contributed by atoms with Gasteiger partial charge >= 0.3 is 5.69 Å². The van der Waals surface area contributed by atoms with E-state index in [4.69, 9.17) is 11.6 Å². The molecule has 0 aliphatic carbocycles. The molecule has 88 valence electrons. The van der Waals surface area contributed by atoms with Crippen LogP contribution >= 0.6 is 11.6 Å². The van der Waals surface area contributed by atoms with E-state index in [0.717, 1.165) is 5.69 Å². The highest BCUT2D eigenvalue weighted by molar-refractivity contribution is 6.33. The Hall–Kier alpha value is -2.01. The molecule has 0 aliphatic rings. The van der Waals surface area contributed by atoms with Crippen LogP contribution in [0.4, 0.5) is 5.69 Å². The number of H-pyrrole nitrogens is 2. The molecule has 0 unspecified atom stereocenters. The van der Waals surface area contributed by atoms with E-state index in [1.54, 1.807) is 6.07 Å². The Morgan fingerprint density at radius 3 is 2.65 bits per heavy atom. The number of anilines is 1. The Bertz CT molecular complexity index is 605. The largest absolute Gasteiger partial charge is 0.378 e. The fourth-order valence-corrected chi connectivity index (χ4v) is 1.61. The average molecular weight is 252 g/mol. The van der Waals surface area contributed by atoms with Gasteiger partial charge in [0.15, 0.2) is 0 Å². The lowest BCUT2D eigenvalue weighted by atomic mass is 10.3. The van der Waals surface area contributed by atoms with Crippen LogP contribution in [0.5, 0.6) is 0 Å². The van der Waals surface area contributed by atoms with E-state index in [0.29, 0.717) is 17.3 Å². The van der Waals surface area contributed by atoms with Gasteiger partial charge in [0.05, 0.1) is 17.3 Å². The molecular weight excluding hydrogens is 242 g/mol. The molecule has 2 aromatic rings. The van der Waals surface area contributed by atoms with Crippen molar-refractivity contribution in [2.45, 2.75) is 6.54 Å². The summed E-state index contributed by atoms with van der Waals surface area (Å²) < 4.78 is 0. The quantitative estimate of drug-likeness (QED) is 0.770. The van der Waals surface area contributed by atoms with Crippen molar-refractivity contribution in [3.63, 3.8) is 0 Å². The molecule has 17 heavy (non-hydrogen) atoms. The van der Waals surface area contributed by atoms with Crippen molar-refractivity contribution in [1.29, 1.82) is 0 Å². The SMILES string of the molecule is O=c1cc(CNc2ccccc2Cl)[nH]c(=O)[nH]1. The van der Waals surface area contributed by atoms with Crippen LogP contribution in [-0.2, 0) is 6.54 Å². The first-order chi connectivity index (χ1) is 8.15.